The molecule has 0 bridgehead atoms. The molecule has 2 nitrogen and oxygen atoms in total. The van der Waals surface area contributed by atoms with Crippen molar-refractivity contribution in [2.45, 2.75) is 53.0 Å². The Morgan fingerprint density at radius 2 is 1.59 bits per heavy atom. The number of rotatable bonds is 7. The predicted molar refractivity (Wildman–Crippen MR) is 123 cm³/mol. The molecule has 0 saturated heterocycles. The maximum Gasteiger partial charge on any atom is 0.193 e. The first-order chi connectivity index (χ1) is 14.1. The molecule has 0 saturated carbocycles. The molecule has 0 aliphatic rings. The Morgan fingerprint density at radius 1 is 0.862 bits per heavy atom. The van der Waals surface area contributed by atoms with Crippen molar-refractivity contribution in [2.24, 2.45) is 0 Å². The summed E-state index contributed by atoms with van der Waals surface area (Å²) in [5.41, 5.74) is 6.41. The molecule has 0 aliphatic carbocycles. The van der Waals surface area contributed by atoms with Gasteiger partial charge in [-0.25, -0.2) is 0 Å². The third-order valence-corrected chi connectivity index (χ3v) is 5.97. The third-order valence-electron chi connectivity index (χ3n) is 5.97. The van der Waals surface area contributed by atoms with E-state index in [1.54, 1.807) is 0 Å². The fraction of sp³-hybridized carbons (Fsp3) is 0.296. The summed E-state index contributed by atoms with van der Waals surface area (Å²) in [6, 6.07) is 20.9. The number of benzene rings is 3. The standard InChI is InChI=1S/C27H29NO/c1-4-6-7-11-20-13-15-25-23(17-20)24-18-21(14-16-26(24)28(25)5-2)27(29)22-12-9-8-10-19(22)3/h8-10,12-18H,4-7,11H2,1-3H3. The number of aryl methyl sites for hydroxylation is 3. The van der Waals surface area contributed by atoms with Crippen molar-refractivity contribution in [1.82, 2.24) is 4.57 Å². The molecule has 0 atom stereocenters. The zero-order valence-electron chi connectivity index (χ0n) is 17.7. The molecule has 4 aromatic rings. The maximum absolute atomic E-state index is 13.2. The number of fused-ring (bicyclic) bond motifs is 3. The molecule has 2 heteroatoms. The van der Waals surface area contributed by atoms with Gasteiger partial charge in [-0.1, -0.05) is 50.1 Å². The van der Waals surface area contributed by atoms with Gasteiger partial charge in [0.2, 0.25) is 0 Å². The fourth-order valence-corrected chi connectivity index (χ4v) is 4.35. The normalized spacial score (nSPS) is 11.4. The first-order valence-corrected chi connectivity index (χ1v) is 10.8. The number of hydrogen-bond acceptors (Lipinski definition) is 1. The number of aromatic nitrogens is 1. The van der Waals surface area contributed by atoms with Crippen LogP contribution in [0.5, 0.6) is 0 Å². The topological polar surface area (TPSA) is 22.0 Å². The molecule has 29 heavy (non-hydrogen) atoms. The zero-order chi connectivity index (χ0) is 20.4. The Morgan fingerprint density at radius 3 is 2.31 bits per heavy atom. The highest BCUT2D eigenvalue weighted by molar-refractivity contribution is 6.15. The summed E-state index contributed by atoms with van der Waals surface area (Å²) in [6.45, 7) is 7.34. The highest BCUT2D eigenvalue weighted by atomic mass is 16.1. The Labute approximate surface area is 173 Å². The first-order valence-electron chi connectivity index (χ1n) is 10.8. The van der Waals surface area contributed by atoms with Crippen LogP contribution >= 0.6 is 0 Å². The zero-order valence-corrected chi connectivity index (χ0v) is 17.7. The van der Waals surface area contributed by atoms with Crippen LogP contribution in [-0.4, -0.2) is 10.4 Å². The summed E-state index contributed by atoms with van der Waals surface area (Å²) in [5, 5.41) is 2.44. The maximum atomic E-state index is 13.2. The van der Waals surface area contributed by atoms with Gasteiger partial charge in [0.1, 0.15) is 0 Å². The van der Waals surface area contributed by atoms with Crippen molar-refractivity contribution in [3.8, 4) is 0 Å². The quantitative estimate of drug-likeness (QED) is 0.247. The SMILES string of the molecule is CCCCCc1ccc2c(c1)c1cc(C(=O)c3ccccc3C)ccc1n2CC. The second kappa shape index (κ2) is 8.24. The van der Waals surface area contributed by atoms with Crippen LogP contribution in [0.3, 0.4) is 0 Å². The Bertz CT molecular complexity index is 1180. The van der Waals surface area contributed by atoms with E-state index in [9.17, 15) is 4.79 Å². The van der Waals surface area contributed by atoms with E-state index in [4.69, 9.17) is 0 Å². The van der Waals surface area contributed by atoms with E-state index in [0.717, 1.165) is 29.7 Å². The Balaban J connectivity index is 1.83. The minimum absolute atomic E-state index is 0.0986. The Hall–Kier alpha value is -2.87. The van der Waals surface area contributed by atoms with Crippen LogP contribution in [0, 0.1) is 6.92 Å². The monoisotopic (exact) mass is 383 g/mol. The number of unbranched alkanes of at least 4 members (excludes halogenated alkanes) is 2. The summed E-state index contributed by atoms with van der Waals surface area (Å²) >= 11 is 0. The number of carbonyl (C=O) groups excluding carboxylic acids is 1. The lowest BCUT2D eigenvalue weighted by Crippen LogP contribution is -2.03. The van der Waals surface area contributed by atoms with E-state index in [-0.39, 0.29) is 5.78 Å². The van der Waals surface area contributed by atoms with E-state index >= 15 is 0 Å². The number of nitrogens with zero attached hydrogens (tertiary/aromatic N) is 1. The third kappa shape index (κ3) is 3.60. The van der Waals surface area contributed by atoms with Crippen molar-refractivity contribution in [1.29, 1.82) is 0 Å². The lowest BCUT2D eigenvalue weighted by Gasteiger charge is -2.06. The number of hydrogen-bond donors (Lipinski definition) is 0. The second-order valence-corrected chi connectivity index (χ2v) is 7.93. The molecule has 1 aromatic heterocycles. The van der Waals surface area contributed by atoms with Crippen molar-refractivity contribution < 1.29 is 4.79 Å². The molecule has 3 aromatic carbocycles. The van der Waals surface area contributed by atoms with Gasteiger partial charge in [0.25, 0.3) is 0 Å². The highest BCUT2D eigenvalue weighted by Crippen LogP contribution is 2.31. The van der Waals surface area contributed by atoms with Crippen LogP contribution in [-0.2, 0) is 13.0 Å². The van der Waals surface area contributed by atoms with E-state index in [0.29, 0.717) is 0 Å². The van der Waals surface area contributed by atoms with Crippen LogP contribution in [0.1, 0.15) is 60.2 Å². The molecule has 0 fully saturated rings. The molecule has 148 valence electrons. The lowest BCUT2D eigenvalue weighted by molar-refractivity contribution is 0.103. The minimum Gasteiger partial charge on any atom is -0.341 e. The van der Waals surface area contributed by atoms with Gasteiger partial charge < -0.3 is 4.57 Å². The number of ketones is 1. The summed E-state index contributed by atoms with van der Waals surface area (Å²) in [5.74, 6) is 0.0986. The lowest BCUT2D eigenvalue weighted by atomic mass is 9.97. The largest absolute Gasteiger partial charge is 0.341 e. The predicted octanol–water partition coefficient (Wildman–Crippen LogP) is 7.09. The van der Waals surface area contributed by atoms with E-state index < -0.39 is 0 Å². The van der Waals surface area contributed by atoms with Crippen molar-refractivity contribution in [3.63, 3.8) is 0 Å². The van der Waals surface area contributed by atoms with Gasteiger partial charge in [0, 0.05) is 39.5 Å². The molecule has 1 heterocycles. The van der Waals surface area contributed by atoms with Gasteiger partial charge >= 0.3 is 0 Å². The van der Waals surface area contributed by atoms with Gasteiger partial charge in [-0.3, -0.25) is 4.79 Å². The summed E-state index contributed by atoms with van der Waals surface area (Å²) < 4.78 is 2.35. The van der Waals surface area contributed by atoms with E-state index in [1.807, 2.05) is 37.3 Å². The smallest absolute Gasteiger partial charge is 0.193 e. The van der Waals surface area contributed by atoms with Crippen molar-refractivity contribution >= 4 is 27.6 Å². The molecule has 0 N–H and O–H groups in total. The molecule has 0 unspecified atom stereocenters. The van der Waals surface area contributed by atoms with Crippen molar-refractivity contribution in [3.05, 3.63) is 82.9 Å². The van der Waals surface area contributed by atoms with Gasteiger partial charge in [-0.2, -0.15) is 0 Å². The molecule has 0 spiro atoms. The van der Waals surface area contributed by atoms with Crippen LogP contribution in [0.4, 0.5) is 0 Å². The van der Waals surface area contributed by atoms with Gasteiger partial charge in [-0.15, -0.1) is 0 Å². The van der Waals surface area contributed by atoms with Crippen LogP contribution in [0.25, 0.3) is 21.8 Å². The van der Waals surface area contributed by atoms with Crippen LogP contribution in [0.2, 0.25) is 0 Å². The first kappa shape index (κ1) is 19.4. The van der Waals surface area contributed by atoms with E-state index in [1.165, 1.54) is 46.6 Å². The van der Waals surface area contributed by atoms with Gasteiger partial charge in [0.15, 0.2) is 5.78 Å². The molecule has 0 radical (unpaired) electrons. The molecular weight excluding hydrogens is 354 g/mol. The van der Waals surface area contributed by atoms with E-state index in [2.05, 4.69) is 48.7 Å². The number of carbonyl (C=O) groups is 1. The van der Waals surface area contributed by atoms with Crippen LogP contribution < -0.4 is 0 Å². The molecular formula is C27H29NO. The summed E-state index contributed by atoms with van der Waals surface area (Å²) in [6.07, 6.45) is 4.85. The minimum atomic E-state index is 0.0986. The molecule has 0 aliphatic heterocycles. The highest BCUT2D eigenvalue weighted by Gasteiger charge is 2.15. The fourth-order valence-electron chi connectivity index (χ4n) is 4.35. The summed E-state index contributed by atoms with van der Waals surface area (Å²) in [4.78, 5) is 13.2. The van der Waals surface area contributed by atoms with Gasteiger partial charge in [-0.05, 0) is 68.1 Å². The van der Waals surface area contributed by atoms with Gasteiger partial charge in [0.05, 0.1) is 0 Å². The molecule has 0 amide bonds. The molecule has 4 rings (SSSR count). The average Bonchev–Trinajstić information content (AvgIpc) is 3.06. The average molecular weight is 384 g/mol. The second-order valence-electron chi connectivity index (χ2n) is 7.93. The summed E-state index contributed by atoms with van der Waals surface area (Å²) in [7, 11) is 0. The Kier molecular flexibility index (Phi) is 5.53. The van der Waals surface area contributed by atoms with Crippen LogP contribution in [0.15, 0.2) is 60.7 Å². The van der Waals surface area contributed by atoms with Crippen molar-refractivity contribution in [2.75, 3.05) is 0 Å².